The van der Waals surface area contributed by atoms with Crippen LogP contribution in [-0.2, 0) is 9.84 Å². The van der Waals surface area contributed by atoms with Crippen molar-refractivity contribution in [1.82, 2.24) is 0 Å². The Morgan fingerprint density at radius 1 is 1.31 bits per heavy atom. The van der Waals surface area contributed by atoms with Crippen LogP contribution in [0.1, 0.15) is 15.9 Å². The number of benzene rings is 1. The molecule has 1 heterocycles. The zero-order valence-electron chi connectivity index (χ0n) is 8.04. The summed E-state index contributed by atoms with van der Waals surface area (Å²) in [5.74, 6) is -1.30. The normalized spacial score (nSPS) is 16.7. The summed E-state index contributed by atoms with van der Waals surface area (Å²) in [4.78, 5) is 10.5. The smallest absolute Gasteiger partial charge is 0.337 e. The molecule has 1 aliphatic rings. The molecular formula is C10H8O5S. The zero-order chi connectivity index (χ0) is 11.9. The molecule has 0 bridgehead atoms. The molecule has 0 spiro atoms. The summed E-state index contributed by atoms with van der Waals surface area (Å²) in [5, 5.41) is 17.8. The van der Waals surface area contributed by atoms with Gasteiger partial charge in [0.15, 0.2) is 0 Å². The molecule has 0 saturated heterocycles. The summed E-state index contributed by atoms with van der Waals surface area (Å²) in [6.45, 7) is -0.629. The number of aromatic carboxylic acids is 1. The van der Waals surface area contributed by atoms with E-state index in [1.165, 1.54) is 24.3 Å². The predicted octanol–water partition coefficient (Wildman–Crippen LogP) is 0.505. The first-order valence-corrected chi connectivity index (χ1v) is 5.89. The monoisotopic (exact) mass is 240 g/mol. The van der Waals surface area contributed by atoms with Crippen LogP contribution >= 0.6 is 0 Å². The molecule has 0 unspecified atom stereocenters. The van der Waals surface area contributed by atoms with Gasteiger partial charge in [0.25, 0.3) is 0 Å². The third kappa shape index (κ3) is 1.35. The van der Waals surface area contributed by atoms with Crippen molar-refractivity contribution in [2.24, 2.45) is 0 Å². The van der Waals surface area contributed by atoms with Gasteiger partial charge in [0, 0.05) is 0 Å². The standard InChI is InChI=1S/C10H8O5S/c11-5-7-4-6-2-1-3-8(10(12)13)9(6)16(7,14)15/h1-4,11H,5H2,(H,12,13). The number of aliphatic hydroxyl groups excluding tert-OH is 1. The van der Waals surface area contributed by atoms with E-state index in [0.717, 1.165) is 0 Å². The van der Waals surface area contributed by atoms with Gasteiger partial charge in [-0.05, 0) is 17.7 Å². The number of aliphatic hydroxyl groups is 1. The Morgan fingerprint density at radius 2 is 2.00 bits per heavy atom. The number of carboxylic acids is 1. The highest BCUT2D eigenvalue weighted by Gasteiger charge is 2.33. The van der Waals surface area contributed by atoms with E-state index in [2.05, 4.69) is 0 Å². The first-order chi connectivity index (χ1) is 7.48. The first kappa shape index (κ1) is 10.8. The topological polar surface area (TPSA) is 91.7 Å². The Morgan fingerprint density at radius 3 is 2.56 bits per heavy atom. The van der Waals surface area contributed by atoms with Gasteiger partial charge >= 0.3 is 5.97 Å². The van der Waals surface area contributed by atoms with E-state index in [1.807, 2.05) is 0 Å². The molecule has 0 amide bonds. The van der Waals surface area contributed by atoms with Crippen molar-refractivity contribution in [1.29, 1.82) is 0 Å². The van der Waals surface area contributed by atoms with Crippen molar-refractivity contribution in [3.63, 3.8) is 0 Å². The second-order valence-corrected chi connectivity index (χ2v) is 5.24. The van der Waals surface area contributed by atoms with E-state index < -0.39 is 22.4 Å². The first-order valence-electron chi connectivity index (χ1n) is 4.41. The Labute approximate surface area is 91.6 Å². The highest BCUT2D eigenvalue weighted by molar-refractivity contribution is 7.96. The fourth-order valence-corrected chi connectivity index (χ4v) is 3.25. The average Bonchev–Trinajstić information content (AvgIpc) is 2.50. The molecule has 0 aliphatic carbocycles. The van der Waals surface area contributed by atoms with Crippen LogP contribution in [0.5, 0.6) is 0 Å². The van der Waals surface area contributed by atoms with E-state index in [1.54, 1.807) is 0 Å². The average molecular weight is 240 g/mol. The molecule has 84 valence electrons. The molecule has 0 atom stereocenters. The molecule has 0 radical (unpaired) electrons. The maximum absolute atomic E-state index is 11.8. The van der Waals surface area contributed by atoms with E-state index in [4.69, 9.17) is 10.2 Å². The Kier molecular flexibility index (Phi) is 2.32. The van der Waals surface area contributed by atoms with Crippen LogP contribution in [0.3, 0.4) is 0 Å². The van der Waals surface area contributed by atoms with Gasteiger partial charge in [-0.3, -0.25) is 0 Å². The molecule has 0 fully saturated rings. The summed E-state index contributed by atoms with van der Waals surface area (Å²) in [5.41, 5.74) is 0.0427. The Hall–Kier alpha value is -1.66. The number of hydrogen-bond donors (Lipinski definition) is 2. The number of carboxylic acid groups (broad SMARTS) is 1. The molecule has 1 aliphatic heterocycles. The van der Waals surface area contributed by atoms with Crippen molar-refractivity contribution >= 4 is 21.9 Å². The molecule has 6 heteroatoms. The predicted molar refractivity (Wildman–Crippen MR) is 55.6 cm³/mol. The molecule has 5 nitrogen and oxygen atoms in total. The molecule has 1 aromatic carbocycles. The van der Waals surface area contributed by atoms with E-state index in [0.29, 0.717) is 5.56 Å². The van der Waals surface area contributed by atoms with Crippen LogP contribution in [0, 0.1) is 0 Å². The summed E-state index contributed by atoms with van der Waals surface area (Å²) < 4.78 is 23.7. The second-order valence-electron chi connectivity index (χ2n) is 3.30. The van der Waals surface area contributed by atoms with Crippen molar-refractivity contribution in [3.8, 4) is 0 Å². The van der Waals surface area contributed by atoms with Gasteiger partial charge in [0.05, 0.1) is 22.0 Å². The van der Waals surface area contributed by atoms with Crippen LogP contribution in [0.15, 0.2) is 28.0 Å². The highest BCUT2D eigenvalue weighted by atomic mass is 32.2. The maximum Gasteiger partial charge on any atom is 0.337 e. The van der Waals surface area contributed by atoms with Crippen LogP contribution in [0.2, 0.25) is 0 Å². The quantitative estimate of drug-likeness (QED) is 0.785. The van der Waals surface area contributed by atoms with Gasteiger partial charge in [-0.15, -0.1) is 0 Å². The highest BCUT2D eigenvalue weighted by Crippen LogP contribution is 2.34. The van der Waals surface area contributed by atoms with Gasteiger partial charge < -0.3 is 10.2 Å². The van der Waals surface area contributed by atoms with Gasteiger partial charge in [-0.2, -0.15) is 0 Å². The third-order valence-electron chi connectivity index (χ3n) is 2.36. The molecule has 2 rings (SSSR count). The number of hydrogen-bond acceptors (Lipinski definition) is 4. The maximum atomic E-state index is 11.8. The Bertz CT molecular complexity index is 598. The van der Waals surface area contributed by atoms with Gasteiger partial charge in [-0.1, -0.05) is 12.1 Å². The summed E-state index contributed by atoms with van der Waals surface area (Å²) in [6.07, 6.45) is 1.29. The minimum absolute atomic E-state index is 0.170. The van der Waals surface area contributed by atoms with Crippen molar-refractivity contribution in [2.45, 2.75) is 4.90 Å². The van der Waals surface area contributed by atoms with Crippen molar-refractivity contribution in [3.05, 3.63) is 34.2 Å². The summed E-state index contributed by atoms with van der Waals surface area (Å²) in [6, 6.07) is 4.20. The van der Waals surface area contributed by atoms with Crippen molar-refractivity contribution in [2.75, 3.05) is 6.61 Å². The third-order valence-corrected chi connectivity index (χ3v) is 4.29. The fourth-order valence-electron chi connectivity index (χ4n) is 1.65. The van der Waals surface area contributed by atoms with Crippen LogP contribution in [0.25, 0.3) is 6.08 Å². The lowest BCUT2D eigenvalue weighted by Crippen LogP contribution is -2.10. The lowest BCUT2D eigenvalue weighted by atomic mass is 10.1. The van der Waals surface area contributed by atoms with E-state index in [-0.39, 0.29) is 15.4 Å². The SMILES string of the molecule is O=C(O)c1cccc2c1S(=O)(=O)C(CO)=C2. The fraction of sp³-hybridized carbons (Fsp3) is 0.100. The molecule has 0 aromatic heterocycles. The Balaban J connectivity index is 2.78. The molecule has 0 saturated carbocycles. The number of sulfone groups is 1. The molecule has 16 heavy (non-hydrogen) atoms. The minimum atomic E-state index is -3.84. The summed E-state index contributed by atoms with van der Waals surface area (Å²) in [7, 11) is -3.84. The van der Waals surface area contributed by atoms with Crippen molar-refractivity contribution < 1.29 is 23.4 Å². The lowest BCUT2D eigenvalue weighted by molar-refractivity contribution is 0.0692. The summed E-state index contributed by atoms with van der Waals surface area (Å²) >= 11 is 0. The van der Waals surface area contributed by atoms with Crippen LogP contribution in [0.4, 0.5) is 0 Å². The van der Waals surface area contributed by atoms with Gasteiger partial charge in [0.2, 0.25) is 9.84 Å². The second kappa shape index (κ2) is 3.43. The van der Waals surface area contributed by atoms with Crippen LogP contribution < -0.4 is 0 Å². The molecular weight excluding hydrogens is 232 g/mol. The molecule has 1 aromatic rings. The van der Waals surface area contributed by atoms with Crippen LogP contribution in [-0.4, -0.2) is 31.2 Å². The zero-order valence-corrected chi connectivity index (χ0v) is 8.86. The number of carbonyl (C=O) groups is 1. The largest absolute Gasteiger partial charge is 0.478 e. The number of fused-ring (bicyclic) bond motifs is 1. The van der Waals surface area contributed by atoms with E-state index in [9.17, 15) is 13.2 Å². The van der Waals surface area contributed by atoms with Gasteiger partial charge in [-0.25, -0.2) is 13.2 Å². The van der Waals surface area contributed by atoms with Gasteiger partial charge in [0.1, 0.15) is 0 Å². The minimum Gasteiger partial charge on any atom is -0.478 e. The lowest BCUT2D eigenvalue weighted by Gasteiger charge is -2.04. The number of rotatable bonds is 2. The molecule has 2 N–H and O–H groups in total. The van der Waals surface area contributed by atoms with E-state index >= 15 is 0 Å².